The first-order valence-corrected chi connectivity index (χ1v) is 27.1. The van der Waals surface area contributed by atoms with Gasteiger partial charge in [-0.2, -0.15) is 0 Å². The molecule has 0 aromatic heterocycles. The quantitative estimate of drug-likeness (QED) is 0.0592. The number of hydrogen-bond donors (Lipinski definition) is 4. The van der Waals surface area contributed by atoms with E-state index in [4.69, 9.17) is 28.8 Å². The van der Waals surface area contributed by atoms with Crippen LogP contribution in [0.15, 0.2) is 127 Å². The van der Waals surface area contributed by atoms with E-state index in [2.05, 4.69) is 20.4 Å². The minimum Gasteiger partial charge on any atom is -0.492 e. The molecule has 5 aromatic rings. The molecule has 2 saturated heterocycles. The van der Waals surface area contributed by atoms with Crippen molar-refractivity contribution in [2.24, 2.45) is 0 Å². The molecular formula is C62H84N6O13. The summed E-state index contributed by atoms with van der Waals surface area (Å²) < 4.78 is 28.1. The van der Waals surface area contributed by atoms with Crippen molar-refractivity contribution < 1.29 is 64.1 Å². The molecule has 19 nitrogen and oxygen atoms in total. The lowest BCUT2D eigenvalue weighted by Crippen LogP contribution is -2.62. The number of amides is 4. The van der Waals surface area contributed by atoms with E-state index in [0.717, 1.165) is 117 Å². The molecule has 0 unspecified atom stereocenters. The Balaban J connectivity index is 0.000000407. The molecule has 7 rings (SSSR count). The van der Waals surface area contributed by atoms with Gasteiger partial charge in [-0.05, 0) is 90.2 Å². The minimum absolute atomic E-state index is 0. The maximum Gasteiger partial charge on any atom is 0.254 e. The highest BCUT2D eigenvalue weighted by Gasteiger charge is 2.47. The van der Waals surface area contributed by atoms with Crippen LogP contribution in [0.5, 0.6) is 11.5 Å². The van der Waals surface area contributed by atoms with Gasteiger partial charge >= 0.3 is 0 Å². The normalized spacial score (nSPS) is 14.7. The second-order valence-electron chi connectivity index (χ2n) is 18.8. The van der Waals surface area contributed by atoms with E-state index in [1.807, 2.05) is 105 Å². The van der Waals surface area contributed by atoms with Gasteiger partial charge in [-0.25, -0.2) is 0 Å². The Morgan fingerprint density at radius 1 is 0.556 bits per heavy atom. The van der Waals surface area contributed by atoms with E-state index in [0.29, 0.717) is 24.3 Å². The molecule has 440 valence electrons. The summed E-state index contributed by atoms with van der Waals surface area (Å²) in [6, 6.07) is 39.0. The number of likely N-dealkylation sites (N-methyl/N-ethyl adjacent to an activating group) is 4. The van der Waals surface area contributed by atoms with E-state index >= 15 is 0 Å². The van der Waals surface area contributed by atoms with E-state index in [1.54, 1.807) is 36.4 Å². The smallest absolute Gasteiger partial charge is 0.254 e. The number of hydrogen-bond acceptors (Lipinski definition) is 15. The Bertz CT molecular complexity index is 2710. The van der Waals surface area contributed by atoms with Gasteiger partial charge in [-0.1, -0.05) is 92.7 Å². The molecule has 5 aromatic carbocycles. The number of morpholine rings is 2. The van der Waals surface area contributed by atoms with Crippen molar-refractivity contribution in [2.75, 3.05) is 127 Å². The lowest BCUT2D eigenvalue weighted by atomic mass is 9.92. The fourth-order valence-electron chi connectivity index (χ4n) is 8.68. The second-order valence-corrected chi connectivity index (χ2v) is 18.8. The van der Waals surface area contributed by atoms with E-state index < -0.39 is 52.9 Å². The predicted octanol–water partition coefficient (Wildman–Crippen LogP) is 5.51. The Labute approximate surface area is 478 Å². The molecule has 2 heterocycles. The molecule has 2 atom stereocenters. The zero-order valence-corrected chi connectivity index (χ0v) is 48.4. The number of nitrogens with one attached hydrogen (secondary N) is 2. The number of carbonyl (C=O) groups is 6. The largest absolute Gasteiger partial charge is 0.492 e. The van der Waals surface area contributed by atoms with Crippen molar-refractivity contribution in [3.63, 3.8) is 0 Å². The summed E-state index contributed by atoms with van der Waals surface area (Å²) in [6.45, 7) is 15.5. The first-order valence-electron chi connectivity index (χ1n) is 27.1. The van der Waals surface area contributed by atoms with Gasteiger partial charge in [0, 0.05) is 87.1 Å². The fourth-order valence-corrected chi connectivity index (χ4v) is 8.68. The fraction of sp³-hybridized carbons (Fsp3) is 0.419. The molecule has 0 saturated carbocycles. The van der Waals surface area contributed by atoms with E-state index in [1.165, 1.54) is 46.9 Å². The third-order valence-electron chi connectivity index (χ3n) is 14.1. The van der Waals surface area contributed by atoms with Gasteiger partial charge in [0.05, 0.1) is 33.0 Å². The van der Waals surface area contributed by atoms with Crippen LogP contribution in [0.1, 0.15) is 55.4 Å². The number of rotatable bonds is 23. The van der Waals surface area contributed by atoms with Gasteiger partial charge in [0.15, 0.2) is 22.6 Å². The summed E-state index contributed by atoms with van der Waals surface area (Å²) in [5, 5.41) is 21.2. The van der Waals surface area contributed by atoms with Gasteiger partial charge in [0.2, 0.25) is 0 Å². The summed E-state index contributed by atoms with van der Waals surface area (Å²) in [5.74, 6) is -1.91. The van der Waals surface area contributed by atoms with Crippen molar-refractivity contribution >= 4 is 35.2 Å². The van der Waals surface area contributed by atoms with E-state index in [-0.39, 0.29) is 14.6 Å². The molecule has 0 spiro atoms. The lowest BCUT2D eigenvalue weighted by molar-refractivity contribution is -0.145. The van der Waals surface area contributed by atoms with Crippen LogP contribution in [0.2, 0.25) is 0 Å². The molecule has 2 fully saturated rings. The summed E-state index contributed by atoms with van der Waals surface area (Å²) in [4.78, 5) is 84.2. The Kier molecular flexibility index (Phi) is 27.8. The molecule has 2 aliphatic heterocycles. The molecule has 4 amide bonds. The van der Waals surface area contributed by atoms with Crippen molar-refractivity contribution in [1.29, 1.82) is 0 Å². The van der Waals surface area contributed by atoms with Crippen LogP contribution in [-0.2, 0) is 40.0 Å². The molecule has 2 aliphatic rings. The average molecular weight is 1120 g/mol. The Morgan fingerprint density at radius 3 is 1.25 bits per heavy atom. The van der Waals surface area contributed by atoms with Gasteiger partial charge in [-0.3, -0.25) is 38.6 Å². The molecule has 4 N–H and O–H groups in total. The highest BCUT2D eigenvalue weighted by atomic mass is 16.5. The topological polar surface area (TPSA) is 226 Å². The van der Waals surface area contributed by atoms with E-state index in [9.17, 15) is 33.9 Å². The second kappa shape index (κ2) is 34.0. The third-order valence-corrected chi connectivity index (χ3v) is 14.1. The molecule has 81 heavy (non-hydrogen) atoms. The molecular weight excluding hydrogens is 1040 g/mol. The maximum absolute atomic E-state index is 13.4. The molecule has 0 radical (unpaired) electrons. The number of benzene rings is 5. The van der Waals surface area contributed by atoms with Crippen molar-refractivity contribution in [3.8, 4) is 33.8 Å². The predicted molar refractivity (Wildman–Crippen MR) is 313 cm³/mol. The first-order chi connectivity index (χ1) is 39.1. The number of Topliss-reactive ketones (excluding diaryl/α,β-unsaturated/α-hetero) is 2. The van der Waals surface area contributed by atoms with Crippen LogP contribution >= 0.6 is 0 Å². The Morgan fingerprint density at radius 2 is 0.901 bits per heavy atom. The minimum atomic E-state index is -1.82. The lowest BCUT2D eigenvalue weighted by Gasteiger charge is -2.35. The van der Waals surface area contributed by atoms with Crippen LogP contribution in [-0.4, -0.2) is 204 Å². The monoisotopic (exact) mass is 1120 g/mol. The third kappa shape index (κ3) is 18.3. The highest BCUT2D eigenvalue weighted by Crippen LogP contribution is 2.27. The number of aliphatic hydroxyl groups is 2. The number of nitrogens with zero attached hydrogens (tertiary/aromatic N) is 4. The van der Waals surface area contributed by atoms with Gasteiger partial charge < -0.3 is 54.3 Å². The molecule has 0 bridgehead atoms. The van der Waals surface area contributed by atoms with Crippen LogP contribution in [0.4, 0.5) is 0 Å². The van der Waals surface area contributed by atoms with Crippen LogP contribution in [0, 0.1) is 0 Å². The van der Waals surface area contributed by atoms with Crippen LogP contribution in [0.25, 0.3) is 22.3 Å². The van der Waals surface area contributed by atoms with Crippen molar-refractivity contribution in [2.45, 2.75) is 45.4 Å². The summed E-state index contributed by atoms with van der Waals surface area (Å²) in [6.07, 6.45) is 0. The zero-order valence-electron chi connectivity index (χ0n) is 48.4. The summed E-state index contributed by atoms with van der Waals surface area (Å²) in [5.41, 5.74) is 1.78. The summed E-state index contributed by atoms with van der Waals surface area (Å²) >= 11 is 0. The standard InChI is InChI=1S/C33H39N3O6.C26H33N3O6.C2H6.CH4O.H2/c1-33(32(39)34-2,30(37)24-41-23-25-7-5-4-6-8-25)35(3)31(38)28-11-9-26(10-12-28)27-13-15-29(16-14-27)42-22-19-36-17-20-40-21-18-36;1-26(23(31)18-30,25(33)27-2)28(3)24(32)21-6-4-19(5-7-21)20-8-10-22(11-9-20)35-17-14-29-12-15-34-16-13-29;2*1-2;/h4-16H,17-24H2,1-3H3,(H,34,39);4-11,30H,12-18H2,1-3H3,(H,27,33);1-2H3;2H,1H3;1H/t33-;26-;;;/m11.../s1. The molecule has 0 aliphatic carbocycles. The maximum atomic E-state index is 13.4. The Hall–Kier alpha value is -7.36. The number of carbonyl (C=O) groups excluding carboxylic acids is 6. The van der Waals surface area contributed by atoms with Crippen molar-refractivity contribution in [1.82, 2.24) is 30.2 Å². The van der Waals surface area contributed by atoms with Crippen LogP contribution in [0.3, 0.4) is 0 Å². The first kappa shape index (κ1) is 66.2. The van der Waals surface area contributed by atoms with Gasteiger partial charge in [-0.15, -0.1) is 0 Å². The average Bonchev–Trinajstić information content (AvgIpc) is 3.46. The number of aliphatic hydroxyl groups excluding tert-OH is 2. The van der Waals surface area contributed by atoms with Crippen LogP contribution < -0.4 is 20.1 Å². The van der Waals surface area contributed by atoms with Crippen molar-refractivity contribution in [3.05, 3.63) is 144 Å². The summed E-state index contributed by atoms with van der Waals surface area (Å²) in [7, 11) is 6.64. The number of ether oxygens (including phenoxy) is 5. The van der Waals surface area contributed by atoms with Gasteiger partial charge in [0.25, 0.3) is 23.6 Å². The SMILES string of the molecule is CC.CNC(=O)[C@@](C)(C(=O)CO)N(C)C(=O)c1ccc(-c2ccc(OCCN3CCOCC3)cc2)cc1.CNC(=O)[C@@](C)(C(=O)COCc1ccccc1)N(C)C(=O)c1ccc(-c2ccc(OCCN3CCOCC3)cc2)cc1.CO.[HH]. The number of ketones is 2. The van der Waals surface area contributed by atoms with Gasteiger partial charge in [0.1, 0.15) is 37.9 Å². The zero-order chi connectivity index (χ0) is 59.4. The molecule has 19 heteroatoms. The highest BCUT2D eigenvalue weighted by molar-refractivity contribution is 6.15.